The summed E-state index contributed by atoms with van der Waals surface area (Å²) in [5.41, 5.74) is 8.93. The highest BCUT2D eigenvalue weighted by atomic mass is 32.1. The smallest absolute Gasteiger partial charge is 0.106 e. The van der Waals surface area contributed by atoms with Crippen LogP contribution in [0, 0.1) is 6.92 Å². The molecule has 0 amide bonds. The molecule has 1 fully saturated rings. The molecule has 110 valence electrons. The van der Waals surface area contributed by atoms with Crippen molar-refractivity contribution >= 4 is 22.9 Å². The highest BCUT2D eigenvalue weighted by Crippen LogP contribution is 2.17. The second kappa shape index (κ2) is 7.57. The van der Waals surface area contributed by atoms with E-state index < -0.39 is 0 Å². The van der Waals surface area contributed by atoms with Gasteiger partial charge in [-0.25, -0.2) is 0 Å². The molecule has 0 radical (unpaired) electrons. The molecule has 0 saturated carbocycles. The number of thiocarbonyl (C=S) groups is 1. The minimum Gasteiger partial charge on any atom is -0.389 e. The number of anilines is 1. The molecule has 1 aliphatic heterocycles. The number of nitrogens with two attached hydrogens (primary N) is 1. The van der Waals surface area contributed by atoms with Crippen LogP contribution in [0.3, 0.4) is 0 Å². The molecule has 3 N–H and O–H groups in total. The normalized spacial score (nSPS) is 16.1. The zero-order chi connectivity index (χ0) is 14.4. The van der Waals surface area contributed by atoms with Crippen LogP contribution < -0.4 is 11.1 Å². The molecule has 0 bridgehead atoms. The molecule has 1 saturated heterocycles. The Kier molecular flexibility index (Phi) is 5.76. The first-order chi connectivity index (χ1) is 9.66. The summed E-state index contributed by atoms with van der Waals surface area (Å²) in [6.45, 7) is 7.90. The van der Waals surface area contributed by atoms with Gasteiger partial charge >= 0.3 is 0 Å². The molecule has 2 rings (SSSR count). The number of benzene rings is 1. The highest BCUT2D eigenvalue weighted by molar-refractivity contribution is 7.80. The Bertz CT molecular complexity index is 458. The van der Waals surface area contributed by atoms with Gasteiger partial charge in [0.1, 0.15) is 4.99 Å². The molecule has 20 heavy (non-hydrogen) atoms. The van der Waals surface area contributed by atoms with Crippen LogP contribution in [-0.4, -0.2) is 49.3 Å². The SMILES string of the molecule is Cc1ccc(C(N)=S)c(NCCCN2CCOCC2)c1. The van der Waals surface area contributed by atoms with Crippen LogP contribution in [0.2, 0.25) is 0 Å². The maximum Gasteiger partial charge on any atom is 0.106 e. The van der Waals surface area contributed by atoms with Crippen LogP contribution in [0.25, 0.3) is 0 Å². The second-order valence-electron chi connectivity index (χ2n) is 5.15. The third kappa shape index (κ3) is 4.44. The Morgan fingerprint density at radius 3 is 2.85 bits per heavy atom. The monoisotopic (exact) mass is 293 g/mol. The molecule has 0 spiro atoms. The Morgan fingerprint density at radius 2 is 2.15 bits per heavy atom. The van der Waals surface area contributed by atoms with Gasteiger partial charge in [-0.15, -0.1) is 0 Å². The molecule has 1 aromatic carbocycles. The van der Waals surface area contributed by atoms with Crippen LogP contribution in [0.4, 0.5) is 5.69 Å². The summed E-state index contributed by atoms with van der Waals surface area (Å²) < 4.78 is 5.35. The van der Waals surface area contributed by atoms with E-state index in [1.54, 1.807) is 0 Å². The van der Waals surface area contributed by atoms with E-state index in [0.29, 0.717) is 4.99 Å². The lowest BCUT2D eigenvalue weighted by Crippen LogP contribution is -2.37. The Balaban J connectivity index is 1.81. The van der Waals surface area contributed by atoms with Crippen LogP contribution >= 0.6 is 12.2 Å². The standard InChI is InChI=1S/C15H23N3OS/c1-12-3-4-13(15(16)20)14(11-12)17-5-2-6-18-7-9-19-10-8-18/h3-4,11,17H,2,5-10H2,1H3,(H2,16,20). The minimum atomic E-state index is 0.445. The topological polar surface area (TPSA) is 50.5 Å². The molecule has 1 aliphatic rings. The van der Waals surface area contributed by atoms with E-state index in [2.05, 4.69) is 23.2 Å². The van der Waals surface area contributed by atoms with Crippen molar-refractivity contribution < 1.29 is 4.74 Å². The maximum absolute atomic E-state index is 5.76. The number of aryl methyl sites for hydroxylation is 1. The molecule has 0 atom stereocenters. The summed E-state index contributed by atoms with van der Waals surface area (Å²) in [6.07, 6.45) is 1.10. The summed E-state index contributed by atoms with van der Waals surface area (Å²) in [5.74, 6) is 0. The summed E-state index contributed by atoms with van der Waals surface area (Å²) in [7, 11) is 0. The number of hydrogen-bond acceptors (Lipinski definition) is 4. The number of morpholine rings is 1. The fourth-order valence-electron chi connectivity index (χ4n) is 2.37. The van der Waals surface area contributed by atoms with E-state index in [4.69, 9.17) is 22.7 Å². The molecule has 0 unspecified atom stereocenters. The van der Waals surface area contributed by atoms with Gasteiger partial charge in [-0.3, -0.25) is 4.90 Å². The average Bonchev–Trinajstić information content (AvgIpc) is 2.44. The molecule has 1 heterocycles. The molecule has 1 aromatic rings. The van der Waals surface area contributed by atoms with Gasteiger partial charge in [0, 0.05) is 30.9 Å². The van der Waals surface area contributed by atoms with Crippen molar-refractivity contribution in [1.29, 1.82) is 0 Å². The van der Waals surface area contributed by atoms with Crippen LogP contribution in [0.5, 0.6) is 0 Å². The van der Waals surface area contributed by atoms with Crippen LogP contribution in [0.1, 0.15) is 17.5 Å². The van der Waals surface area contributed by atoms with Crippen molar-refractivity contribution in [1.82, 2.24) is 4.90 Å². The van der Waals surface area contributed by atoms with E-state index >= 15 is 0 Å². The van der Waals surface area contributed by atoms with Gasteiger partial charge in [-0.2, -0.15) is 0 Å². The second-order valence-corrected chi connectivity index (χ2v) is 5.59. The van der Waals surface area contributed by atoms with Crippen molar-refractivity contribution in [2.24, 2.45) is 5.73 Å². The van der Waals surface area contributed by atoms with Crippen molar-refractivity contribution in [2.45, 2.75) is 13.3 Å². The Morgan fingerprint density at radius 1 is 1.40 bits per heavy atom. The fourth-order valence-corrected chi connectivity index (χ4v) is 2.55. The van der Waals surface area contributed by atoms with Gasteiger partial charge in [0.05, 0.1) is 13.2 Å². The third-order valence-electron chi connectivity index (χ3n) is 3.51. The van der Waals surface area contributed by atoms with Crippen LogP contribution in [-0.2, 0) is 4.74 Å². The molecular weight excluding hydrogens is 270 g/mol. The fraction of sp³-hybridized carbons (Fsp3) is 0.533. The minimum absolute atomic E-state index is 0.445. The van der Waals surface area contributed by atoms with Crippen molar-refractivity contribution in [2.75, 3.05) is 44.7 Å². The first kappa shape index (κ1) is 15.2. The predicted octanol–water partition coefficient (Wildman–Crippen LogP) is 1.76. The quantitative estimate of drug-likeness (QED) is 0.618. The largest absolute Gasteiger partial charge is 0.389 e. The van der Waals surface area contributed by atoms with Gasteiger partial charge in [0.25, 0.3) is 0 Å². The summed E-state index contributed by atoms with van der Waals surface area (Å²) in [6, 6.07) is 6.12. The van der Waals surface area contributed by atoms with Gasteiger partial charge in [-0.1, -0.05) is 18.3 Å². The molecule has 0 aliphatic carbocycles. The Hall–Kier alpha value is -1.17. The number of rotatable bonds is 6. The van der Waals surface area contributed by atoms with Crippen molar-refractivity contribution in [3.05, 3.63) is 29.3 Å². The zero-order valence-corrected chi connectivity index (χ0v) is 12.8. The number of nitrogens with zero attached hydrogens (tertiary/aromatic N) is 1. The zero-order valence-electron chi connectivity index (χ0n) is 12.0. The molecule has 5 heteroatoms. The van der Waals surface area contributed by atoms with Gasteiger partial charge in [0.2, 0.25) is 0 Å². The number of hydrogen-bond donors (Lipinski definition) is 2. The maximum atomic E-state index is 5.76. The Labute approximate surface area is 126 Å². The lowest BCUT2D eigenvalue weighted by atomic mass is 10.1. The number of ether oxygens (including phenoxy) is 1. The van der Waals surface area contributed by atoms with Gasteiger partial charge in [-0.05, 0) is 37.6 Å². The van der Waals surface area contributed by atoms with E-state index in [0.717, 1.165) is 57.1 Å². The van der Waals surface area contributed by atoms with Gasteiger partial charge < -0.3 is 15.8 Å². The predicted molar refractivity (Wildman–Crippen MR) is 87.4 cm³/mol. The average molecular weight is 293 g/mol. The van der Waals surface area contributed by atoms with Crippen molar-refractivity contribution in [3.63, 3.8) is 0 Å². The van der Waals surface area contributed by atoms with E-state index in [1.807, 2.05) is 12.1 Å². The first-order valence-corrected chi connectivity index (χ1v) is 7.52. The van der Waals surface area contributed by atoms with Crippen molar-refractivity contribution in [3.8, 4) is 0 Å². The first-order valence-electron chi connectivity index (χ1n) is 7.11. The summed E-state index contributed by atoms with van der Waals surface area (Å²) in [5, 5.41) is 3.45. The highest BCUT2D eigenvalue weighted by Gasteiger charge is 2.09. The van der Waals surface area contributed by atoms with E-state index in [9.17, 15) is 0 Å². The third-order valence-corrected chi connectivity index (χ3v) is 3.73. The molecule has 4 nitrogen and oxygen atoms in total. The molecule has 0 aromatic heterocycles. The lowest BCUT2D eigenvalue weighted by Gasteiger charge is -2.26. The summed E-state index contributed by atoms with van der Waals surface area (Å²) >= 11 is 5.09. The number of nitrogens with one attached hydrogen (secondary N) is 1. The van der Waals surface area contributed by atoms with Gasteiger partial charge in [0.15, 0.2) is 0 Å². The van der Waals surface area contributed by atoms with Crippen LogP contribution in [0.15, 0.2) is 18.2 Å². The lowest BCUT2D eigenvalue weighted by molar-refractivity contribution is 0.0378. The van der Waals surface area contributed by atoms with E-state index in [1.165, 1.54) is 5.56 Å². The van der Waals surface area contributed by atoms with E-state index in [-0.39, 0.29) is 0 Å². The summed E-state index contributed by atoms with van der Waals surface area (Å²) in [4.78, 5) is 2.89. The molecular formula is C15H23N3OS.